The van der Waals surface area contributed by atoms with Gasteiger partial charge in [0.25, 0.3) is 0 Å². The lowest BCUT2D eigenvalue weighted by Gasteiger charge is -2.55. The summed E-state index contributed by atoms with van der Waals surface area (Å²) in [5.41, 5.74) is 1.37. The lowest BCUT2D eigenvalue weighted by molar-refractivity contribution is -0.140. The Morgan fingerprint density at radius 2 is 1.70 bits per heavy atom. The molecule has 5 rings (SSSR count). The van der Waals surface area contributed by atoms with Crippen molar-refractivity contribution in [3.05, 3.63) is 16.0 Å². The Kier molecular flexibility index (Phi) is 4.86. The molecule has 27 heavy (non-hydrogen) atoms. The molecule has 1 N–H and O–H groups in total. The van der Waals surface area contributed by atoms with E-state index in [4.69, 9.17) is 4.74 Å². The average molecular weight is 390 g/mol. The fraction of sp³-hybridized carbons (Fsp3) is 0.727. The maximum absolute atomic E-state index is 13.4. The van der Waals surface area contributed by atoms with Crippen LogP contribution in [-0.4, -0.2) is 18.0 Å². The maximum atomic E-state index is 13.4. The van der Waals surface area contributed by atoms with Crippen LogP contribution in [0.4, 0.5) is 5.00 Å². The van der Waals surface area contributed by atoms with E-state index >= 15 is 0 Å². The van der Waals surface area contributed by atoms with Gasteiger partial charge in [-0.05, 0) is 89.0 Å². The third kappa shape index (κ3) is 3.32. The van der Waals surface area contributed by atoms with Gasteiger partial charge >= 0.3 is 5.97 Å². The molecule has 148 valence electrons. The molecule has 0 spiro atoms. The number of thiophene rings is 1. The Morgan fingerprint density at radius 1 is 1.15 bits per heavy atom. The highest BCUT2D eigenvalue weighted by molar-refractivity contribution is 7.16. The van der Waals surface area contributed by atoms with Crippen LogP contribution in [-0.2, 0) is 16.0 Å². The molecule has 0 aliphatic heterocycles. The van der Waals surface area contributed by atoms with Crippen molar-refractivity contribution >= 4 is 28.2 Å². The van der Waals surface area contributed by atoms with E-state index in [0.29, 0.717) is 10.6 Å². The molecule has 1 heterocycles. The molecule has 0 unspecified atom stereocenters. The number of rotatable bonds is 5. The van der Waals surface area contributed by atoms with Crippen LogP contribution in [0.5, 0.6) is 0 Å². The van der Waals surface area contributed by atoms with Gasteiger partial charge in [0.2, 0.25) is 5.91 Å². The minimum Gasteiger partial charge on any atom is -0.459 e. The van der Waals surface area contributed by atoms with Crippen LogP contribution in [0.1, 0.15) is 80.1 Å². The molecule has 0 radical (unpaired) electrons. The zero-order valence-corrected chi connectivity index (χ0v) is 17.7. The van der Waals surface area contributed by atoms with Gasteiger partial charge in [-0.25, -0.2) is 4.79 Å². The first kappa shape index (κ1) is 19.0. The van der Waals surface area contributed by atoms with Crippen molar-refractivity contribution in [3.8, 4) is 0 Å². The summed E-state index contributed by atoms with van der Waals surface area (Å²) < 4.78 is 5.48. The van der Waals surface area contributed by atoms with Crippen LogP contribution >= 0.6 is 11.3 Å². The number of carbonyl (C=O) groups excluding carboxylic acids is 2. The number of hydrogen-bond donors (Lipinski definition) is 1. The largest absolute Gasteiger partial charge is 0.459 e. The number of aryl methyl sites for hydroxylation is 1. The first-order valence-corrected chi connectivity index (χ1v) is 11.3. The van der Waals surface area contributed by atoms with Crippen molar-refractivity contribution in [1.29, 1.82) is 0 Å². The van der Waals surface area contributed by atoms with Crippen molar-refractivity contribution in [3.63, 3.8) is 0 Å². The summed E-state index contributed by atoms with van der Waals surface area (Å²) in [6.07, 6.45) is 7.63. The lowest BCUT2D eigenvalue weighted by Crippen LogP contribution is -2.51. The zero-order valence-electron chi connectivity index (χ0n) is 16.9. The minimum atomic E-state index is -0.313. The van der Waals surface area contributed by atoms with E-state index in [1.807, 2.05) is 27.7 Å². The molecule has 1 aromatic rings. The van der Waals surface area contributed by atoms with Gasteiger partial charge in [0.15, 0.2) is 0 Å². The van der Waals surface area contributed by atoms with Gasteiger partial charge in [-0.15, -0.1) is 11.3 Å². The molecule has 1 aromatic heterocycles. The van der Waals surface area contributed by atoms with E-state index in [1.165, 1.54) is 30.6 Å². The molecule has 4 fully saturated rings. The summed E-state index contributed by atoms with van der Waals surface area (Å²) in [5.74, 6) is 2.01. The Balaban J connectivity index is 1.61. The van der Waals surface area contributed by atoms with Gasteiger partial charge in [-0.1, -0.05) is 6.92 Å². The molecule has 4 aliphatic carbocycles. The SMILES string of the molecule is CCc1c(C)sc(NC(=O)C23CC4CC(CC(C4)C2)C3)c1C(=O)OC(C)C. The first-order chi connectivity index (χ1) is 12.8. The van der Waals surface area contributed by atoms with Crippen LogP contribution < -0.4 is 5.32 Å². The molecule has 4 nitrogen and oxygen atoms in total. The second kappa shape index (κ2) is 6.91. The smallest absolute Gasteiger partial charge is 0.341 e. The standard InChI is InChI=1S/C22H31NO3S/c1-5-17-13(4)27-19(18(17)20(24)26-12(2)3)23-21(25)22-9-14-6-15(10-22)8-16(7-14)11-22/h12,14-16H,5-11H2,1-4H3,(H,23,25). The number of ether oxygens (including phenoxy) is 1. The number of hydrogen-bond acceptors (Lipinski definition) is 4. The number of amides is 1. The highest BCUT2D eigenvalue weighted by Crippen LogP contribution is 2.60. The fourth-order valence-corrected chi connectivity index (χ4v) is 7.33. The normalized spacial score (nSPS) is 31.4. The molecule has 4 bridgehead atoms. The average Bonchev–Trinajstić information content (AvgIpc) is 2.88. The summed E-state index contributed by atoms with van der Waals surface area (Å²) in [6, 6.07) is 0. The molecule has 5 heteroatoms. The van der Waals surface area contributed by atoms with Crippen LogP contribution in [0, 0.1) is 30.1 Å². The van der Waals surface area contributed by atoms with Gasteiger partial charge in [0.1, 0.15) is 5.00 Å². The summed E-state index contributed by atoms with van der Waals surface area (Å²) in [5, 5.41) is 3.89. The Bertz CT molecular complexity index is 729. The second-order valence-corrected chi connectivity index (χ2v) is 10.5. The number of carbonyl (C=O) groups is 2. The maximum Gasteiger partial charge on any atom is 0.341 e. The van der Waals surface area contributed by atoms with Crippen molar-refractivity contribution in [2.45, 2.75) is 78.7 Å². The topological polar surface area (TPSA) is 55.4 Å². The van der Waals surface area contributed by atoms with Crippen LogP contribution in [0.25, 0.3) is 0 Å². The van der Waals surface area contributed by atoms with Crippen LogP contribution in [0.3, 0.4) is 0 Å². The first-order valence-electron chi connectivity index (χ1n) is 10.5. The molecule has 4 aliphatic rings. The Hall–Kier alpha value is -1.36. The predicted octanol–water partition coefficient (Wildman–Crippen LogP) is 5.34. The molecular weight excluding hydrogens is 358 g/mol. The molecule has 0 saturated heterocycles. The minimum absolute atomic E-state index is 0.143. The third-order valence-corrected chi connectivity index (χ3v) is 7.92. The molecule has 1 amide bonds. The summed E-state index contributed by atoms with van der Waals surface area (Å²) in [4.78, 5) is 27.2. The number of esters is 1. The number of nitrogens with one attached hydrogen (secondary N) is 1. The highest BCUT2D eigenvalue weighted by atomic mass is 32.1. The third-order valence-electron chi connectivity index (χ3n) is 6.86. The van der Waals surface area contributed by atoms with E-state index in [2.05, 4.69) is 5.32 Å². The Labute approximate surface area is 166 Å². The molecule has 4 saturated carbocycles. The lowest BCUT2D eigenvalue weighted by atomic mass is 9.49. The van der Waals surface area contributed by atoms with E-state index in [1.54, 1.807) is 0 Å². The van der Waals surface area contributed by atoms with Crippen LogP contribution in [0.15, 0.2) is 0 Å². The second-order valence-electron chi connectivity index (χ2n) is 9.30. The fourth-order valence-electron chi connectivity index (χ4n) is 6.21. The van der Waals surface area contributed by atoms with Crippen molar-refractivity contribution in [1.82, 2.24) is 0 Å². The molecular formula is C22H31NO3S. The van der Waals surface area contributed by atoms with E-state index in [9.17, 15) is 9.59 Å². The molecule has 0 aromatic carbocycles. The van der Waals surface area contributed by atoms with Gasteiger partial charge < -0.3 is 10.1 Å². The summed E-state index contributed by atoms with van der Waals surface area (Å²) in [7, 11) is 0. The van der Waals surface area contributed by atoms with Crippen molar-refractivity contribution in [2.24, 2.45) is 23.2 Å². The van der Waals surface area contributed by atoms with Gasteiger partial charge in [0.05, 0.1) is 17.1 Å². The quantitative estimate of drug-likeness (QED) is 0.692. The van der Waals surface area contributed by atoms with E-state index in [0.717, 1.165) is 53.9 Å². The van der Waals surface area contributed by atoms with Gasteiger partial charge in [-0.3, -0.25) is 4.79 Å². The number of anilines is 1. The van der Waals surface area contributed by atoms with Crippen LogP contribution in [0.2, 0.25) is 0 Å². The molecule has 0 atom stereocenters. The van der Waals surface area contributed by atoms with Crippen molar-refractivity contribution < 1.29 is 14.3 Å². The highest BCUT2D eigenvalue weighted by Gasteiger charge is 2.54. The van der Waals surface area contributed by atoms with E-state index in [-0.39, 0.29) is 23.4 Å². The zero-order chi connectivity index (χ0) is 19.3. The van der Waals surface area contributed by atoms with Gasteiger partial charge in [-0.2, -0.15) is 0 Å². The van der Waals surface area contributed by atoms with Crippen molar-refractivity contribution in [2.75, 3.05) is 5.32 Å². The Morgan fingerprint density at radius 3 is 2.19 bits per heavy atom. The summed E-state index contributed by atoms with van der Waals surface area (Å²) >= 11 is 1.52. The predicted molar refractivity (Wildman–Crippen MR) is 108 cm³/mol. The monoisotopic (exact) mass is 389 g/mol. The van der Waals surface area contributed by atoms with E-state index < -0.39 is 0 Å². The van der Waals surface area contributed by atoms with Gasteiger partial charge in [0, 0.05) is 4.88 Å². The summed E-state index contributed by atoms with van der Waals surface area (Å²) in [6.45, 7) is 7.79.